The molecular weight excluding hydrogens is 156 g/mol. The zero-order valence-electron chi connectivity index (χ0n) is 7.07. The third-order valence-corrected chi connectivity index (χ3v) is 2.27. The van der Waals surface area contributed by atoms with Crippen LogP contribution in [0.3, 0.4) is 0 Å². The zero-order chi connectivity index (χ0) is 9.19. The SMILES string of the molecule is CC1C=C(CO)C=CC1(O)CO. The largest absolute Gasteiger partial charge is 0.393 e. The van der Waals surface area contributed by atoms with E-state index < -0.39 is 5.60 Å². The highest BCUT2D eigenvalue weighted by atomic mass is 16.3. The van der Waals surface area contributed by atoms with Gasteiger partial charge in [0.25, 0.3) is 0 Å². The molecule has 3 heteroatoms. The summed E-state index contributed by atoms with van der Waals surface area (Å²) in [5.74, 6) is -0.158. The van der Waals surface area contributed by atoms with Gasteiger partial charge < -0.3 is 15.3 Å². The molecule has 0 aromatic rings. The van der Waals surface area contributed by atoms with Crippen LogP contribution in [0.4, 0.5) is 0 Å². The molecule has 1 aliphatic carbocycles. The van der Waals surface area contributed by atoms with E-state index in [9.17, 15) is 5.11 Å². The van der Waals surface area contributed by atoms with E-state index in [4.69, 9.17) is 10.2 Å². The van der Waals surface area contributed by atoms with Crippen molar-refractivity contribution in [3.63, 3.8) is 0 Å². The normalized spacial score (nSPS) is 35.0. The Balaban J connectivity index is 2.81. The molecule has 0 heterocycles. The summed E-state index contributed by atoms with van der Waals surface area (Å²) in [5.41, 5.74) is -0.376. The van der Waals surface area contributed by atoms with Gasteiger partial charge in [0.1, 0.15) is 5.60 Å². The third kappa shape index (κ3) is 1.58. The molecule has 0 aromatic carbocycles. The van der Waals surface area contributed by atoms with Gasteiger partial charge in [-0.3, -0.25) is 0 Å². The molecule has 0 saturated heterocycles. The molecule has 1 aliphatic rings. The predicted molar refractivity (Wildman–Crippen MR) is 45.5 cm³/mol. The fourth-order valence-corrected chi connectivity index (χ4v) is 1.23. The molecule has 0 fully saturated rings. The molecule has 2 unspecified atom stereocenters. The number of aliphatic hydroxyl groups is 3. The molecule has 3 nitrogen and oxygen atoms in total. The quantitative estimate of drug-likeness (QED) is 0.539. The second-order valence-corrected chi connectivity index (χ2v) is 3.17. The first-order valence-corrected chi connectivity index (χ1v) is 3.96. The van der Waals surface area contributed by atoms with E-state index in [1.807, 2.05) is 0 Å². The lowest BCUT2D eigenvalue weighted by molar-refractivity contribution is -0.00260. The van der Waals surface area contributed by atoms with Gasteiger partial charge in [0, 0.05) is 5.92 Å². The van der Waals surface area contributed by atoms with Crippen LogP contribution < -0.4 is 0 Å². The maximum absolute atomic E-state index is 9.70. The standard InChI is InChI=1S/C9H14O3/c1-7-4-8(5-10)2-3-9(7,12)6-11/h2-4,7,10-12H,5-6H2,1H3. The number of rotatable bonds is 2. The van der Waals surface area contributed by atoms with Crippen LogP contribution in [0.5, 0.6) is 0 Å². The van der Waals surface area contributed by atoms with Crippen molar-refractivity contribution in [1.82, 2.24) is 0 Å². The molecular formula is C9H14O3. The Morgan fingerprint density at radius 1 is 1.50 bits per heavy atom. The van der Waals surface area contributed by atoms with Gasteiger partial charge in [-0.2, -0.15) is 0 Å². The van der Waals surface area contributed by atoms with Crippen LogP contribution in [0.15, 0.2) is 23.8 Å². The Morgan fingerprint density at radius 3 is 2.58 bits per heavy atom. The summed E-state index contributed by atoms with van der Waals surface area (Å²) < 4.78 is 0. The summed E-state index contributed by atoms with van der Waals surface area (Å²) in [7, 11) is 0. The average molecular weight is 170 g/mol. The molecule has 3 N–H and O–H groups in total. The monoisotopic (exact) mass is 170 g/mol. The van der Waals surface area contributed by atoms with Crippen LogP contribution in [-0.2, 0) is 0 Å². The molecule has 12 heavy (non-hydrogen) atoms. The lowest BCUT2D eigenvalue weighted by atomic mass is 9.83. The second kappa shape index (κ2) is 3.39. The van der Waals surface area contributed by atoms with Crippen LogP contribution in [0.25, 0.3) is 0 Å². The minimum Gasteiger partial charge on any atom is -0.393 e. The molecule has 0 aliphatic heterocycles. The van der Waals surface area contributed by atoms with E-state index in [2.05, 4.69) is 0 Å². The topological polar surface area (TPSA) is 60.7 Å². The van der Waals surface area contributed by atoms with Crippen molar-refractivity contribution in [2.75, 3.05) is 13.2 Å². The molecule has 0 radical (unpaired) electrons. The summed E-state index contributed by atoms with van der Waals surface area (Å²) >= 11 is 0. The smallest absolute Gasteiger partial charge is 0.112 e. The van der Waals surface area contributed by atoms with Crippen molar-refractivity contribution >= 4 is 0 Å². The van der Waals surface area contributed by atoms with Gasteiger partial charge in [0.2, 0.25) is 0 Å². The molecule has 2 atom stereocenters. The highest BCUT2D eigenvalue weighted by Gasteiger charge is 2.31. The Hall–Kier alpha value is -0.640. The number of aliphatic hydroxyl groups excluding tert-OH is 2. The fourth-order valence-electron chi connectivity index (χ4n) is 1.23. The first kappa shape index (κ1) is 9.45. The van der Waals surface area contributed by atoms with Gasteiger partial charge in [0.15, 0.2) is 0 Å². The summed E-state index contributed by atoms with van der Waals surface area (Å²) in [4.78, 5) is 0. The highest BCUT2D eigenvalue weighted by Crippen LogP contribution is 2.26. The molecule has 68 valence electrons. The Labute approximate surface area is 71.7 Å². The predicted octanol–water partition coefficient (Wildman–Crippen LogP) is -0.166. The Morgan fingerprint density at radius 2 is 2.17 bits per heavy atom. The molecule has 0 amide bonds. The second-order valence-electron chi connectivity index (χ2n) is 3.17. The molecule has 0 spiro atoms. The lowest BCUT2D eigenvalue weighted by Crippen LogP contribution is -2.39. The van der Waals surface area contributed by atoms with Crippen LogP contribution >= 0.6 is 0 Å². The van der Waals surface area contributed by atoms with Crippen molar-refractivity contribution < 1.29 is 15.3 Å². The van der Waals surface area contributed by atoms with Crippen LogP contribution in [0.1, 0.15) is 6.92 Å². The molecule has 0 aromatic heterocycles. The molecule has 1 rings (SSSR count). The molecule has 0 bridgehead atoms. The average Bonchev–Trinajstić information content (AvgIpc) is 2.10. The Kier molecular flexibility index (Phi) is 2.67. The van der Waals surface area contributed by atoms with Gasteiger partial charge in [-0.25, -0.2) is 0 Å². The number of hydrogen-bond donors (Lipinski definition) is 3. The highest BCUT2D eigenvalue weighted by molar-refractivity contribution is 5.29. The third-order valence-electron chi connectivity index (χ3n) is 2.27. The van der Waals surface area contributed by atoms with Crippen LogP contribution in [-0.4, -0.2) is 34.1 Å². The minimum absolute atomic E-state index is 0.0254. The Bertz CT molecular complexity index is 220. The van der Waals surface area contributed by atoms with Gasteiger partial charge in [-0.05, 0) is 11.6 Å². The maximum atomic E-state index is 9.70. The van der Waals surface area contributed by atoms with Gasteiger partial charge in [0.05, 0.1) is 13.2 Å². The van der Waals surface area contributed by atoms with Gasteiger partial charge in [-0.1, -0.05) is 19.1 Å². The van der Waals surface area contributed by atoms with E-state index >= 15 is 0 Å². The lowest BCUT2D eigenvalue weighted by Gasteiger charge is -2.30. The zero-order valence-corrected chi connectivity index (χ0v) is 7.07. The van der Waals surface area contributed by atoms with Crippen molar-refractivity contribution in [3.05, 3.63) is 23.8 Å². The number of hydrogen-bond acceptors (Lipinski definition) is 3. The maximum Gasteiger partial charge on any atom is 0.112 e. The summed E-state index contributed by atoms with van der Waals surface area (Å²) in [6.45, 7) is 1.48. The summed E-state index contributed by atoms with van der Waals surface area (Å²) in [6.07, 6.45) is 4.93. The van der Waals surface area contributed by atoms with Crippen molar-refractivity contribution in [3.8, 4) is 0 Å². The van der Waals surface area contributed by atoms with Crippen LogP contribution in [0, 0.1) is 5.92 Å². The van der Waals surface area contributed by atoms with E-state index in [0.29, 0.717) is 0 Å². The minimum atomic E-state index is -1.15. The first-order valence-electron chi connectivity index (χ1n) is 3.96. The van der Waals surface area contributed by atoms with Crippen molar-refractivity contribution in [1.29, 1.82) is 0 Å². The molecule has 0 saturated carbocycles. The fraction of sp³-hybridized carbons (Fsp3) is 0.556. The van der Waals surface area contributed by atoms with E-state index in [-0.39, 0.29) is 19.1 Å². The van der Waals surface area contributed by atoms with E-state index in [0.717, 1.165) is 5.57 Å². The van der Waals surface area contributed by atoms with E-state index in [1.54, 1.807) is 19.1 Å². The van der Waals surface area contributed by atoms with Crippen molar-refractivity contribution in [2.45, 2.75) is 12.5 Å². The van der Waals surface area contributed by atoms with E-state index in [1.165, 1.54) is 6.08 Å². The summed E-state index contributed by atoms with van der Waals surface area (Å²) in [5, 5.41) is 27.4. The van der Waals surface area contributed by atoms with Crippen molar-refractivity contribution in [2.24, 2.45) is 5.92 Å². The van der Waals surface area contributed by atoms with Crippen LogP contribution in [0.2, 0.25) is 0 Å². The van der Waals surface area contributed by atoms with Gasteiger partial charge >= 0.3 is 0 Å². The summed E-state index contributed by atoms with van der Waals surface area (Å²) in [6, 6.07) is 0. The van der Waals surface area contributed by atoms with Gasteiger partial charge in [-0.15, -0.1) is 0 Å². The first-order chi connectivity index (χ1) is 5.62.